The van der Waals surface area contributed by atoms with Gasteiger partial charge in [-0.1, -0.05) is 6.42 Å². The first-order valence-electron chi connectivity index (χ1n) is 7.70. The van der Waals surface area contributed by atoms with E-state index in [9.17, 15) is 14.7 Å². The van der Waals surface area contributed by atoms with Crippen LogP contribution in [0.3, 0.4) is 0 Å². The van der Waals surface area contributed by atoms with Crippen molar-refractivity contribution in [3.05, 3.63) is 28.6 Å². The van der Waals surface area contributed by atoms with Crippen LogP contribution >= 0.6 is 11.3 Å². The third-order valence-electron chi connectivity index (χ3n) is 5.26. The predicted molar refractivity (Wildman–Crippen MR) is 85.2 cm³/mol. The number of fused-ring (bicyclic) bond motifs is 1. The molecular weight excluding hydrogens is 314 g/mol. The Balaban J connectivity index is 1.62. The van der Waals surface area contributed by atoms with Crippen molar-refractivity contribution in [2.75, 3.05) is 13.1 Å². The molecule has 4 rings (SSSR count). The number of rotatable bonds is 3. The summed E-state index contributed by atoms with van der Waals surface area (Å²) < 4.78 is 0. The van der Waals surface area contributed by atoms with E-state index in [0.29, 0.717) is 30.8 Å². The van der Waals surface area contributed by atoms with Gasteiger partial charge in [0.2, 0.25) is 0 Å². The Bertz CT molecular complexity index is 754. The van der Waals surface area contributed by atoms with Gasteiger partial charge in [0.05, 0.1) is 22.9 Å². The van der Waals surface area contributed by atoms with Crippen molar-refractivity contribution >= 4 is 23.2 Å². The minimum absolute atomic E-state index is 0.0699. The first-order valence-corrected chi connectivity index (χ1v) is 8.65. The van der Waals surface area contributed by atoms with Crippen LogP contribution in [0.15, 0.2) is 23.0 Å². The van der Waals surface area contributed by atoms with Gasteiger partial charge in [0.1, 0.15) is 0 Å². The number of H-pyrrole nitrogens is 1. The lowest BCUT2D eigenvalue weighted by Gasteiger charge is -2.23. The molecular formula is C16H17N3O3S. The highest BCUT2D eigenvalue weighted by atomic mass is 32.1. The molecule has 120 valence electrons. The molecule has 1 saturated carbocycles. The van der Waals surface area contributed by atoms with Crippen LogP contribution in [0.1, 0.15) is 29.6 Å². The molecule has 0 aromatic carbocycles. The third kappa shape index (κ3) is 2.10. The highest BCUT2D eigenvalue weighted by Gasteiger charge is 2.56. The zero-order valence-corrected chi connectivity index (χ0v) is 13.3. The van der Waals surface area contributed by atoms with Crippen molar-refractivity contribution in [3.63, 3.8) is 0 Å². The van der Waals surface area contributed by atoms with Gasteiger partial charge < -0.3 is 10.0 Å². The van der Waals surface area contributed by atoms with Gasteiger partial charge in [-0.25, -0.2) is 0 Å². The zero-order valence-electron chi connectivity index (χ0n) is 12.5. The quantitative estimate of drug-likeness (QED) is 0.904. The van der Waals surface area contributed by atoms with E-state index in [1.165, 1.54) is 6.20 Å². The number of thiophene rings is 1. The van der Waals surface area contributed by atoms with Crippen molar-refractivity contribution in [2.24, 2.45) is 11.3 Å². The first kappa shape index (κ1) is 14.4. The van der Waals surface area contributed by atoms with Gasteiger partial charge >= 0.3 is 5.97 Å². The maximum absolute atomic E-state index is 12.9. The van der Waals surface area contributed by atoms with Crippen LogP contribution in [0.2, 0.25) is 0 Å². The number of aromatic amines is 1. The van der Waals surface area contributed by atoms with E-state index in [2.05, 4.69) is 10.2 Å². The highest BCUT2D eigenvalue weighted by molar-refractivity contribution is 7.08. The number of aromatic nitrogens is 2. The molecule has 6 nitrogen and oxygen atoms in total. The molecule has 1 aliphatic carbocycles. The molecule has 2 aromatic rings. The predicted octanol–water partition coefficient (Wildman–Crippen LogP) is 2.47. The Hall–Kier alpha value is -2.15. The second kappa shape index (κ2) is 5.19. The second-order valence-electron chi connectivity index (χ2n) is 6.41. The molecule has 1 saturated heterocycles. The molecule has 2 N–H and O–H groups in total. The van der Waals surface area contributed by atoms with Crippen LogP contribution in [0, 0.1) is 11.3 Å². The highest BCUT2D eigenvalue weighted by Crippen LogP contribution is 2.49. The van der Waals surface area contributed by atoms with Crippen LogP contribution in [0.4, 0.5) is 0 Å². The van der Waals surface area contributed by atoms with Crippen molar-refractivity contribution in [1.29, 1.82) is 0 Å². The van der Waals surface area contributed by atoms with Gasteiger partial charge in [-0.15, -0.1) is 0 Å². The molecule has 2 fully saturated rings. The molecule has 1 amide bonds. The molecule has 1 aliphatic heterocycles. The van der Waals surface area contributed by atoms with Gasteiger partial charge in [-0.05, 0) is 30.2 Å². The van der Waals surface area contributed by atoms with E-state index < -0.39 is 11.4 Å². The summed E-state index contributed by atoms with van der Waals surface area (Å²) in [6.07, 6.45) is 4.03. The Kier molecular flexibility index (Phi) is 3.26. The summed E-state index contributed by atoms with van der Waals surface area (Å²) in [7, 11) is 0. The topological polar surface area (TPSA) is 86.3 Å². The number of nitrogens with one attached hydrogen (secondary N) is 1. The smallest absolute Gasteiger partial charge is 0.311 e. The Morgan fingerprint density at radius 3 is 3.04 bits per heavy atom. The van der Waals surface area contributed by atoms with E-state index >= 15 is 0 Å². The lowest BCUT2D eigenvalue weighted by molar-refractivity contribution is -0.149. The monoisotopic (exact) mass is 331 g/mol. The summed E-state index contributed by atoms with van der Waals surface area (Å²) in [5, 5.41) is 20.5. The van der Waals surface area contributed by atoms with E-state index in [0.717, 1.165) is 18.4 Å². The number of carbonyl (C=O) groups excluding carboxylic acids is 1. The van der Waals surface area contributed by atoms with Crippen LogP contribution < -0.4 is 0 Å². The minimum Gasteiger partial charge on any atom is -0.481 e. The van der Waals surface area contributed by atoms with Crippen LogP contribution in [0.5, 0.6) is 0 Å². The largest absolute Gasteiger partial charge is 0.481 e. The van der Waals surface area contributed by atoms with Gasteiger partial charge in [0.25, 0.3) is 5.91 Å². The fraction of sp³-hybridized carbons (Fsp3) is 0.438. The summed E-state index contributed by atoms with van der Waals surface area (Å²) in [6, 6.07) is 1.94. The van der Waals surface area contributed by atoms with E-state index in [-0.39, 0.29) is 11.8 Å². The maximum atomic E-state index is 12.9. The summed E-state index contributed by atoms with van der Waals surface area (Å²) in [6.45, 7) is 0.833. The molecule has 0 bridgehead atoms. The molecule has 0 spiro atoms. The van der Waals surface area contributed by atoms with E-state index in [4.69, 9.17) is 0 Å². The SMILES string of the molecule is O=C(c1cn[nH]c1-c1ccsc1)N1C[C@@H]2CCC[C@@]2(C(=O)O)C1. The lowest BCUT2D eigenvalue weighted by Crippen LogP contribution is -2.37. The standard InChI is InChI=1S/C16H17N3O3S/c20-14(12-6-17-18-13(12)10-3-5-23-8-10)19-7-11-2-1-4-16(11,9-19)15(21)22/h3,5-6,8,11H,1-2,4,7,9H2,(H,17,18)(H,21,22)/t11-,16+/m0/s1. The fourth-order valence-corrected chi connectivity index (χ4v) is 4.69. The Labute approximate surface area is 137 Å². The van der Waals surface area contributed by atoms with Crippen LogP contribution in [-0.4, -0.2) is 45.2 Å². The average Bonchev–Trinajstić information content (AvgIpc) is 3.27. The third-order valence-corrected chi connectivity index (χ3v) is 5.95. The fourth-order valence-electron chi connectivity index (χ4n) is 4.04. The first-order chi connectivity index (χ1) is 11.1. The molecule has 7 heteroatoms. The molecule has 2 atom stereocenters. The number of carboxylic acid groups (broad SMARTS) is 1. The minimum atomic E-state index is -0.763. The molecule has 3 heterocycles. The molecule has 2 aromatic heterocycles. The Morgan fingerprint density at radius 2 is 2.35 bits per heavy atom. The molecule has 0 unspecified atom stereocenters. The number of hydrogen-bond acceptors (Lipinski definition) is 4. The van der Waals surface area contributed by atoms with Gasteiger partial charge in [0.15, 0.2) is 0 Å². The number of likely N-dealkylation sites (tertiary alicyclic amines) is 1. The van der Waals surface area contributed by atoms with Crippen molar-refractivity contribution < 1.29 is 14.7 Å². The normalized spacial score (nSPS) is 26.4. The summed E-state index contributed by atoms with van der Waals surface area (Å²) >= 11 is 1.56. The number of nitrogens with zero attached hydrogens (tertiary/aromatic N) is 2. The van der Waals surface area contributed by atoms with Crippen molar-refractivity contribution in [3.8, 4) is 11.3 Å². The van der Waals surface area contributed by atoms with E-state index in [1.807, 2.05) is 16.8 Å². The van der Waals surface area contributed by atoms with Crippen LogP contribution in [0.25, 0.3) is 11.3 Å². The molecule has 2 aliphatic rings. The van der Waals surface area contributed by atoms with E-state index in [1.54, 1.807) is 16.2 Å². The van der Waals surface area contributed by atoms with Gasteiger partial charge in [0, 0.05) is 24.0 Å². The number of aliphatic carboxylic acids is 1. The zero-order chi connectivity index (χ0) is 16.0. The van der Waals surface area contributed by atoms with Crippen molar-refractivity contribution in [2.45, 2.75) is 19.3 Å². The Morgan fingerprint density at radius 1 is 1.48 bits per heavy atom. The number of carbonyl (C=O) groups is 2. The second-order valence-corrected chi connectivity index (χ2v) is 7.19. The summed E-state index contributed by atoms with van der Waals surface area (Å²) in [5.74, 6) is -0.823. The van der Waals surface area contributed by atoms with Crippen LogP contribution in [-0.2, 0) is 4.79 Å². The number of carboxylic acids is 1. The number of hydrogen-bond donors (Lipinski definition) is 2. The molecule has 0 radical (unpaired) electrons. The molecule has 23 heavy (non-hydrogen) atoms. The summed E-state index contributed by atoms with van der Waals surface area (Å²) in [4.78, 5) is 26.3. The van der Waals surface area contributed by atoms with Gasteiger partial charge in [-0.3, -0.25) is 14.7 Å². The number of amides is 1. The average molecular weight is 331 g/mol. The maximum Gasteiger partial charge on any atom is 0.311 e. The van der Waals surface area contributed by atoms with Crippen molar-refractivity contribution in [1.82, 2.24) is 15.1 Å². The van der Waals surface area contributed by atoms with Gasteiger partial charge in [-0.2, -0.15) is 16.4 Å². The summed E-state index contributed by atoms with van der Waals surface area (Å²) in [5.41, 5.74) is 1.41. The lowest BCUT2D eigenvalue weighted by atomic mass is 9.81.